The van der Waals surface area contributed by atoms with Crippen molar-refractivity contribution in [3.05, 3.63) is 28.2 Å². The third-order valence-corrected chi connectivity index (χ3v) is 4.92. The van der Waals surface area contributed by atoms with Gasteiger partial charge in [0.15, 0.2) is 0 Å². The van der Waals surface area contributed by atoms with Gasteiger partial charge in [0.1, 0.15) is 0 Å². The number of hydrogen-bond donors (Lipinski definition) is 0. The van der Waals surface area contributed by atoms with Gasteiger partial charge in [-0.3, -0.25) is 0 Å². The van der Waals surface area contributed by atoms with Crippen LogP contribution in [0.2, 0.25) is 10.0 Å². The second kappa shape index (κ2) is 3.95. The highest BCUT2D eigenvalue weighted by atomic mass is 35.8. The summed E-state index contributed by atoms with van der Waals surface area (Å²) in [5.74, 6) is 0. The van der Waals surface area contributed by atoms with Gasteiger partial charge in [0.25, 0.3) is 0 Å². The molecule has 0 radical (unpaired) electrons. The summed E-state index contributed by atoms with van der Waals surface area (Å²) in [5, 5.41) is 1.51. The van der Waals surface area contributed by atoms with Crippen molar-refractivity contribution in [2.45, 2.75) is 0 Å². The summed E-state index contributed by atoms with van der Waals surface area (Å²) in [6.07, 6.45) is 0. The van der Waals surface area contributed by atoms with E-state index >= 15 is 0 Å². The maximum absolute atomic E-state index is 5.75. The molecular weight excluding hydrogens is 277 g/mol. The molecule has 1 rings (SSSR count). The normalized spacial score (nSPS) is 11.8. The molecule has 6 heteroatoms. The van der Waals surface area contributed by atoms with Gasteiger partial charge in [-0.15, -0.1) is 33.2 Å². The van der Waals surface area contributed by atoms with E-state index in [9.17, 15) is 0 Å². The summed E-state index contributed by atoms with van der Waals surface area (Å²) in [6.45, 7) is 0. The van der Waals surface area contributed by atoms with Crippen LogP contribution in [0.4, 0.5) is 0 Å². The van der Waals surface area contributed by atoms with Crippen LogP contribution in [0.25, 0.3) is 0 Å². The zero-order valence-corrected chi connectivity index (χ0v) is 10.4. The van der Waals surface area contributed by atoms with Crippen LogP contribution in [0, 0.1) is 0 Å². The topological polar surface area (TPSA) is 0 Å². The minimum Gasteiger partial charge on any atom is -0.121 e. The molecule has 0 nitrogen and oxygen atoms in total. The average molecular weight is 280 g/mol. The predicted octanol–water partition coefficient (Wildman–Crippen LogP) is 3.86. The van der Waals surface area contributed by atoms with Gasteiger partial charge in [0, 0.05) is 0 Å². The summed E-state index contributed by atoms with van der Waals surface area (Å²) in [6, 6.07) is 2.07. The number of benzene rings is 1. The monoisotopic (exact) mass is 278 g/mol. The molecular formula is C6H3Cl5Si. The summed E-state index contributed by atoms with van der Waals surface area (Å²) in [5.41, 5.74) is 0. The van der Waals surface area contributed by atoms with Crippen LogP contribution in [0.5, 0.6) is 0 Å². The van der Waals surface area contributed by atoms with E-state index in [0.717, 1.165) is 0 Å². The highest BCUT2D eigenvalue weighted by Gasteiger charge is 2.28. The van der Waals surface area contributed by atoms with E-state index in [-0.39, 0.29) is 0 Å². The van der Waals surface area contributed by atoms with Crippen molar-refractivity contribution in [3.8, 4) is 0 Å². The molecule has 0 bridgehead atoms. The standard InChI is InChI=1S/C6H3Cl5Si/c7-5-2-1-4(3-6(5)8)12(9,10)11/h1-3H. The van der Waals surface area contributed by atoms with Gasteiger partial charge in [0.05, 0.1) is 10.0 Å². The Morgan fingerprint density at radius 1 is 0.917 bits per heavy atom. The first-order valence-electron chi connectivity index (χ1n) is 2.93. The Labute approximate surface area is 95.4 Å². The van der Waals surface area contributed by atoms with Crippen LogP contribution in [-0.2, 0) is 0 Å². The van der Waals surface area contributed by atoms with Crippen LogP contribution >= 0.6 is 56.4 Å². The van der Waals surface area contributed by atoms with E-state index in [4.69, 9.17) is 56.4 Å². The molecule has 0 fully saturated rings. The molecule has 0 atom stereocenters. The fourth-order valence-corrected chi connectivity index (χ4v) is 2.70. The van der Waals surface area contributed by atoms with Crippen LogP contribution in [-0.4, -0.2) is 6.00 Å². The van der Waals surface area contributed by atoms with Gasteiger partial charge in [-0.2, -0.15) is 0 Å². The fourth-order valence-electron chi connectivity index (χ4n) is 0.672. The van der Waals surface area contributed by atoms with Crippen LogP contribution < -0.4 is 5.19 Å². The lowest BCUT2D eigenvalue weighted by molar-refractivity contribution is 1.76. The maximum Gasteiger partial charge on any atom is 0.372 e. The van der Waals surface area contributed by atoms with Crippen LogP contribution in [0.15, 0.2) is 18.2 Å². The SMILES string of the molecule is Clc1ccc([Si](Cl)(Cl)Cl)cc1Cl. The molecule has 1 aromatic carbocycles. The van der Waals surface area contributed by atoms with Gasteiger partial charge < -0.3 is 0 Å². The quantitative estimate of drug-likeness (QED) is 0.541. The lowest BCUT2D eigenvalue weighted by Gasteiger charge is -2.08. The smallest absolute Gasteiger partial charge is 0.121 e. The second-order valence-electron chi connectivity index (χ2n) is 2.13. The molecule has 0 saturated heterocycles. The lowest BCUT2D eigenvalue weighted by Crippen LogP contribution is -2.29. The Hall–Kier alpha value is 0.887. The fraction of sp³-hybridized carbons (Fsp3) is 0. The second-order valence-corrected chi connectivity index (χ2v) is 11.4. The molecule has 0 aliphatic rings. The highest BCUT2D eigenvalue weighted by Crippen LogP contribution is 2.25. The van der Waals surface area contributed by atoms with Crippen molar-refractivity contribution in [1.82, 2.24) is 0 Å². The molecule has 0 aliphatic heterocycles. The van der Waals surface area contributed by atoms with E-state index in [1.165, 1.54) is 0 Å². The van der Waals surface area contributed by atoms with Crippen molar-refractivity contribution in [3.63, 3.8) is 0 Å². The third-order valence-electron chi connectivity index (χ3n) is 1.25. The van der Waals surface area contributed by atoms with E-state index in [0.29, 0.717) is 15.2 Å². The Morgan fingerprint density at radius 3 is 1.92 bits per heavy atom. The molecule has 0 saturated carbocycles. The number of rotatable bonds is 1. The predicted molar refractivity (Wildman–Crippen MR) is 59.4 cm³/mol. The maximum atomic E-state index is 5.75. The highest BCUT2D eigenvalue weighted by molar-refractivity contribution is 7.69. The number of hydrogen-bond acceptors (Lipinski definition) is 0. The molecule has 0 spiro atoms. The summed E-state index contributed by atoms with van der Waals surface area (Å²) >= 11 is 28.7. The van der Waals surface area contributed by atoms with Gasteiger partial charge in [-0.1, -0.05) is 29.3 Å². The molecule has 0 heterocycles. The van der Waals surface area contributed by atoms with Crippen molar-refractivity contribution >= 4 is 67.6 Å². The summed E-state index contributed by atoms with van der Waals surface area (Å²) in [4.78, 5) is 0. The molecule has 0 amide bonds. The lowest BCUT2D eigenvalue weighted by atomic mass is 10.4. The largest absolute Gasteiger partial charge is 0.372 e. The molecule has 66 valence electrons. The Bertz CT molecular complexity index is 292. The number of halogens is 5. The molecule has 0 unspecified atom stereocenters. The first-order valence-corrected chi connectivity index (χ1v) is 8.72. The zero-order chi connectivity index (χ0) is 9.35. The molecule has 1 aromatic rings. The van der Waals surface area contributed by atoms with E-state index < -0.39 is 6.00 Å². The molecule has 0 aliphatic carbocycles. The minimum absolute atomic E-state index is 0.410. The Kier molecular flexibility index (Phi) is 3.61. The van der Waals surface area contributed by atoms with E-state index in [1.54, 1.807) is 18.2 Å². The Balaban J connectivity index is 3.14. The van der Waals surface area contributed by atoms with Crippen molar-refractivity contribution in [2.24, 2.45) is 0 Å². The Morgan fingerprint density at radius 2 is 1.50 bits per heavy atom. The van der Waals surface area contributed by atoms with Crippen LogP contribution in [0.3, 0.4) is 0 Å². The average Bonchev–Trinajstić information content (AvgIpc) is 1.92. The minimum atomic E-state index is -2.81. The first-order chi connectivity index (χ1) is 5.41. The van der Waals surface area contributed by atoms with Crippen LogP contribution in [0.1, 0.15) is 0 Å². The van der Waals surface area contributed by atoms with Crippen molar-refractivity contribution in [1.29, 1.82) is 0 Å². The van der Waals surface area contributed by atoms with Gasteiger partial charge in [0.2, 0.25) is 0 Å². The molecule has 12 heavy (non-hydrogen) atoms. The molecule has 0 aromatic heterocycles. The van der Waals surface area contributed by atoms with Gasteiger partial charge >= 0.3 is 6.00 Å². The van der Waals surface area contributed by atoms with Crippen molar-refractivity contribution < 1.29 is 0 Å². The van der Waals surface area contributed by atoms with Gasteiger partial charge in [-0.25, -0.2) is 0 Å². The van der Waals surface area contributed by atoms with E-state index in [1.807, 2.05) is 0 Å². The molecule has 0 N–H and O–H groups in total. The summed E-state index contributed by atoms with van der Waals surface area (Å²) < 4.78 is 0. The third kappa shape index (κ3) is 2.69. The van der Waals surface area contributed by atoms with Crippen molar-refractivity contribution in [2.75, 3.05) is 0 Å². The first kappa shape index (κ1) is 11.0. The summed E-state index contributed by atoms with van der Waals surface area (Å²) in [7, 11) is 0. The zero-order valence-electron chi connectivity index (χ0n) is 5.62. The van der Waals surface area contributed by atoms with Gasteiger partial charge in [-0.05, 0) is 17.3 Å². The van der Waals surface area contributed by atoms with E-state index in [2.05, 4.69) is 0 Å².